The van der Waals surface area contributed by atoms with Crippen molar-refractivity contribution in [2.45, 2.75) is 51.2 Å². The van der Waals surface area contributed by atoms with Crippen LogP contribution in [0.2, 0.25) is 0 Å². The first-order valence-electron chi connectivity index (χ1n) is 5.91. The Hall–Kier alpha value is -0.940. The Kier molecular flexibility index (Phi) is 3.90. The highest BCUT2D eigenvalue weighted by Gasteiger charge is 2.21. The third kappa shape index (κ3) is 2.80. The molecular formula is C11H18N2O3. The first kappa shape index (κ1) is 11.5. The molecule has 2 rings (SSSR count). The Bertz CT molecular complexity index is 321. The molecule has 5 nitrogen and oxygen atoms in total. The van der Waals surface area contributed by atoms with Crippen molar-refractivity contribution in [3.05, 3.63) is 11.7 Å². The topological polar surface area (TPSA) is 68.4 Å². The summed E-state index contributed by atoms with van der Waals surface area (Å²) >= 11 is 0. The Morgan fingerprint density at radius 1 is 1.56 bits per heavy atom. The fourth-order valence-corrected chi connectivity index (χ4v) is 1.89. The molecule has 5 heteroatoms. The minimum Gasteiger partial charge on any atom is -0.385 e. The van der Waals surface area contributed by atoms with E-state index in [1.165, 1.54) is 0 Å². The third-order valence-corrected chi connectivity index (χ3v) is 2.77. The number of aromatic nitrogens is 2. The molecule has 0 spiro atoms. The Balaban J connectivity index is 1.90. The zero-order valence-corrected chi connectivity index (χ0v) is 9.56. The number of ether oxygens (including phenoxy) is 1. The molecule has 1 aliphatic rings. The van der Waals surface area contributed by atoms with E-state index in [4.69, 9.17) is 9.26 Å². The van der Waals surface area contributed by atoms with E-state index in [1.807, 2.05) is 6.92 Å². The van der Waals surface area contributed by atoms with Crippen LogP contribution >= 0.6 is 0 Å². The van der Waals surface area contributed by atoms with Crippen LogP contribution in [-0.4, -0.2) is 28.0 Å². The van der Waals surface area contributed by atoms with Crippen molar-refractivity contribution in [3.8, 4) is 0 Å². The molecule has 1 fully saturated rings. The number of aliphatic hydroxyl groups is 1. The normalized spacial score (nSPS) is 22.5. The van der Waals surface area contributed by atoms with E-state index in [-0.39, 0.29) is 6.10 Å². The molecule has 0 radical (unpaired) electrons. The van der Waals surface area contributed by atoms with Gasteiger partial charge in [-0.2, -0.15) is 4.98 Å². The Morgan fingerprint density at radius 3 is 3.12 bits per heavy atom. The van der Waals surface area contributed by atoms with E-state index in [0.29, 0.717) is 24.6 Å². The predicted octanol–water partition coefficient (Wildman–Crippen LogP) is 1.62. The number of aliphatic hydroxyl groups excluding tert-OH is 1. The fraction of sp³-hybridized carbons (Fsp3) is 0.818. The minimum atomic E-state index is -0.605. The second-order valence-corrected chi connectivity index (χ2v) is 4.19. The Morgan fingerprint density at radius 2 is 2.44 bits per heavy atom. The monoisotopic (exact) mass is 226 g/mol. The molecule has 0 amide bonds. The maximum Gasteiger partial charge on any atom is 0.229 e. The highest BCUT2D eigenvalue weighted by molar-refractivity contribution is 4.92. The van der Waals surface area contributed by atoms with Crippen molar-refractivity contribution in [2.24, 2.45) is 0 Å². The smallest absolute Gasteiger partial charge is 0.229 e. The Labute approximate surface area is 94.8 Å². The molecule has 1 saturated heterocycles. The zero-order valence-electron chi connectivity index (χ0n) is 9.56. The van der Waals surface area contributed by atoms with Gasteiger partial charge in [0, 0.05) is 6.61 Å². The van der Waals surface area contributed by atoms with Crippen LogP contribution in [0.15, 0.2) is 4.52 Å². The zero-order chi connectivity index (χ0) is 11.4. The van der Waals surface area contributed by atoms with Gasteiger partial charge in [0.05, 0.1) is 12.5 Å². The van der Waals surface area contributed by atoms with Gasteiger partial charge in [0.2, 0.25) is 5.89 Å². The molecule has 2 atom stereocenters. The standard InChI is InChI=1S/C11H18N2O3/c1-2-4-9(14)11-12-10(16-13-11)7-8-5-3-6-15-8/h8-9,14H,2-7H2,1H3. The van der Waals surface area contributed by atoms with Crippen LogP contribution in [0.3, 0.4) is 0 Å². The van der Waals surface area contributed by atoms with Gasteiger partial charge in [-0.05, 0) is 19.3 Å². The van der Waals surface area contributed by atoms with Gasteiger partial charge in [0.15, 0.2) is 5.82 Å². The van der Waals surface area contributed by atoms with Gasteiger partial charge in [0.25, 0.3) is 0 Å². The van der Waals surface area contributed by atoms with E-state index < -0.39 is 6.10 Å². The molecule has 0 bridgehead atoms. The van der Waals surface area contributed by atoms with Crippen molar-refractivity contribution in [1.82, 2.24) is 10.1 Å². The molecule has 1 aliphatic heterocycles. The van der Waals surface area contributed by atoms with Crippen LogP contribution in [0.4, 0.5) is 0 Å². The molecule has 90 valence electrons. The lowest BCUT2D eigenvalue weighted by Crippen LogP contribution is -2.09. The molecule has 0 aliphatic carbocycles. The summed E-state index contributed by atoms with van der Waals surface area (Å²) in [6.07, 6.45) is 3.98. The summed E-state index contributed by atoms with van der Waals surface area (Å²) < 4.78 is 10.6. The third-order valence-electron chi connectivity index (χ3n) is 2.77. The second kappa shape index (κ2) is 5.41. The predicted molar refractivity (Wildman–Crippen MR) is 56.8 cm³/mol. The van der Waals surface area contributed by atoms with Gasteiger partial charge >= 0.3 is 0 Å². The van der Waals surface area contributed by atoms with Crippen molar-refractivity contribution in [2.75, 3.05) is 6.61 Å². The average molecular weight is 226 g/mol. The molecule has 16 heavy (non-hydrogen) atoms. The van der Waals surface area contributed by atoms with Crippen molar-refractivity contribution in [1.29, 1.82) is 0 Å². The summed E-state index contributed by atoms with van der Waals surface area (Å²) in [5, 5.41) is 13.5. The molecule has 1 aromatic rings. The van der Waals surface area contributed by atoms with Crippen LogP contribution in [0.1, 0.15) is 50.4 Å². The van der Waals surface area contributed by atoms with Crippen LogP contribution in [0, 0.1) is 0 Å². The van der Waals surface area contributed by atoms with Gasteiger partial charge in [0.1, 0.15) is 6.10 Å². The quantitative estimate of drug-likeness (QED) is 0.826. The summed E-state index contributed by atoms with van der Waals surface area (Å²) in [5.74, 6) is 0.965. The molecule has 1 aromatic heterocycles. The van der Waals surface area contributed by atoms with E-state index in [2.05, 4.69) is 10.1 Å². The largest absolute Gasteiger partial charge is 0.385 e. The summed E-state index contributed by atoms with van der Waals surface area (Å²) in [4.78, 5) is 4.18. The molecule has 0 saturated carbocycles. The maximum atomic E-state index is 9.68. The molecular weight excluding hydrogens is 208 g/mol. The first-order valence-corrected chi connectivity index (χ1v) is 5.91. The number of rotatable bonds is 5. The molecule has 2 unspecified atom stereocenters. The lowest BCUT2D eigenvalue weighted by Gasteiger charge is -2.04. The number of hydrogen-bond donors (Lipinski definition) is 1. The van der Waals surface area contributed by atoms with Crippen molar-refractivity contribution in [3.63, 3.8) is 0 Å². The summed E-state index contributed by atoms with van der Waals surface area (Å²) in [7, 11) is 0. The number of hydrogen-bond acceptors (Lipinski definition) is 5. The van der Waals surface area contributed by atoms with E-state index in [0.717, 1.165) is 25.9 Å². The summed E-state index contributed by atoms with van der Waals surface area (Å²) in [6, 6.07) is 0. The highest BCUT2D eigenvalue weighted by Crippen LogP contribution is 2.19. The van der Waals surface area contributed by atoms with E-state index in [1.54, 1.807) is 0 Å². The van der Waals surface area contributed by atoms with Gasteiger partial charge < -0.3 is 14.4 Å². The molecule has 0 aromatic carbocycles. The maximum absolute atomic E-state index is 9.68. The first-order chi connectivity index (χ1) is 7.79. The summed E-state index contributed by atoms with van der Waals surface area (Å²) in [5.41, 5.74) is 0. The SMILES string of the molecule is CCCC(O)c1noc(CC2CCCO2)n1. The average Bonchev–Trinajstić information content (AvgIpc) is 2.90. The number of nitrogens with zero attached hydrogens (tertiary/aromatic N) is 2. The van der Waals surface area contributed by atoms with Gasteiger partial charge in [-0.15, -0.1) is 0 Å². The van der Waals surface area contributed by atoms with Crippen molar-refractivity contribution < 1.29 is 14.4 Å². The van der Waals surface area contributed by atoms with Crippen LogP contribution in [-0.2, 0) is 11.2 Å². The fourth-order valence-electron chi connectivity index (χ4n) is 1.89. The molecule has 1 N–H and O–H groups in total. The molecule has 2 heterocycles. The van der Waals surface area contributed by atoms with Crippen LogP contribution < -0.4 is 0 Å². The second-order valence-electron chi connectivity index (χ2n) is 4.19. The van der Waals surface area contributed by atoms with E-state index >= 15 is 0 Å². The lowest BCUT2D eigenvalue weighted by molar-refractivity contribution is 0.104. The van der Waals surface area contributed by atoms with Crippen molar-refractivity contribution >= 4 is 0 Å². The lowest BCUT2D eigenvalue weighted by atomic mass is 10.2. The van der Waals surface area contributed by atoms with Gasteiger partial charge in [-0.1, -0.05) is 18.5 Å². The van der Waals surface area contributed by atoms with Gasteiger partial charge in [-0.3, -0.25) is 0 Å². The summed E-state index contributed by atoms with van der Waals surface area (Å²) in [6.45, 7) is 2.83. The van der Waals surface area contributed by atoms with Crippen LogP contribution in [0.5, 0.6) is 0 Å². The highest BCUT2D eigenvalue weighted by atomic mass is 16.5. The van der Waals surface area contributed by atoms with Crippen LogP contribution in [0.25, 0.3) is 0 Å². The minimum absolute atomic E-state index is 0.205. The van der Waals surface area contributed by atoms with E-state index in [9.17, 15) is 5.11 Å². The van der Waals surface area contributed by atoms with Gasteiger partial charge in [-0.25, -0.2) is 0 Å².